The van der Waals surface area contributed by atoms with Crippen molar-refractivity contribution in [3.8, 4) is 11.5 Å². The molecule has 2 N–H and O–H groups in total. The minimum Gasteiger partial charge on any atom is -0.493 e. The Balaban J connectivity index is 2.51. The number of nitrogens with one attached hydrogen (secondary N) is 2. The average Bonchev–Trinajstić information content (AvgIpc) is 2.52. The number of halogens is 2. The SMILES string of the molecule is COc1ccc([C@@H]2NC(=S)NC(C)=C2C(=O)N(C)C)cc1OC(F)F. The van der Waals surface area contributed by atoms with E-state index >= 15 is 0 Å². The number of alkyl halides is 2. The van der Waals surface area contributed by atoms with Gasteiger partial charge in [-0.2, -0.15) is 8.78 Å². The molecule has 0 aromatic heterocycles. The third-order valence-corrected chi connectivity index (χ3v) is 3.86. The van der Waals surface area contributed by atoms with Gasteiger partial charge in [-0.15, -0.1) is 0 Å². The van der Waals surface area contributed by atoms with Crippen LogP contribution in [0.1, 0.15) is 18.5 Å². The second-order valence-electron chi connectivity index (χ2n) is 5.56. The third kappa shape index (κ3) is 4.16. The summed E-state index contributed by atoms with van der Waals surface area (Å²) in [4.78, 5) is 14.0. The minimum atomic E-state index is -2.99. The number of ether oxygens (including phenoxy) is 2. The zero-order chi connectivity index (χ0) is 18.7. The number of hydrogen-bond donors (Lipinski definition) is 2. The van der Waals surface area contributed by atoms with Gasteiger partial charge in [0.1, 0.15) is 0 Å². The van der Waals surface area contributed by atoms with Gasteiger partial charge in [-0.1, -0.05) is 6.07 Å². The molecule has 0 unspecified atom stereocenters. The quantitative estimate of drug-likeness (QED) is 0.774. The molecule has 0 saturated carbocycles. The summed E-state index contributed by atoms with van der Waals surface area (Å²) in [5, 5.41) is 6.25. The van der Waals surface area contributed by atoms with Crippen molar-refractivity contribution in [1.29, 1.82) is 0 Å². The lowest BCUT2D eigenvalue weighted by Crippen LogP contribution is -2.46. The molecule has 2 rings (SSSR count). The van der Waals surface area contributed by atoms with Crippen LogP contribution in [0.5, 0.6) is 11.5 Å². The number of benzene rings is 1. The highest BCUT2D eigenvalue weighted by atomic mass is 32.1. The number of methoxy groups -OCH3 is 1. The van der Waals surface area contributed by atoms with Gasteiger partial charge in [-0.3, -0.25) is 4.79 Å². The van der Waals surface area contributed by atoms with Crippen LogP contribution in [-0.4, -0.2) is 43.7 Å². The van der Waals surface area contributed by atoms with Crippen molar-refractivity contribution in [2.24, 2.45) is 0 Å². The minimum absolute atomic E-state index is 0.115. The molecule has 9 heteroatoms. The summed E-state index contributed by atoms with van der Waals surface area (Å²) < 4.78 is 34.9. The first kappa shape index (κ1) is 18.9. The van der Waals surface area contributed by atoms with Gasteiger partial charge in [0.25, 0.3) is 5.91 Å². The molecule has 1 aliphatic rings. The van der Waals surface area contributed by atoms with Crippen LogP contribution < -0.4 is 20.1 Å². The van der Waals surface area contributed by atoms with Gasteiger partial charge in [-0.25, -0.2) is 0 Å². The van der Waals surface area contributed by atoms with Crippen molar-refractivity contribution >= 4 is 23.2 Å². The Morgan fingerprint density at radius 3 is 2.56 bits per heavy atom. The zero-order valence-electron chi connectivity index (χ0n) is 14.2. The summed E-state index contributed by atoms with van der Waals surface area (Å²) >= 11 is 5.16. The molecular formula is C16H19F2N3O3S. The van der Waals surface area contributed by atoms with E-state index in [2.05, 4.69) is 15.4 Å². The van der Waals surface area contributed by atoms with Crippen LogP contribution >= 0.6 is 12.2 Å². The molecule has 0 bridgehead atoms. The number of hydrogen-bond acceptors (Lipinski definition) is 4. The Hall–Kier alpha value is -2.42. The molecule has 0 fully saturated rings. The summed E-state index contributed by atoms with van der Waals surface area (Å²) in [7, 11) is 4.62. The summed E-state index contributed by atoms with van der Waals surface area (Å²) in [6.45, 7) is -1.26. The van der Waals surface area contributed by atoms with E-state index in [-0.39, 0.29) is 17.4 Å². The Morgan fingerprint density at radius 2 is 2.00 bits per heavy atom. The van der Waals surface area contributed by atoms with Crippen molar-refractivity contribution in [3.05, 3.63) is 35.0 Å². The van der Waals surface area contributed by atoms with E-state index in [0.717, 1.165) is 0 Å². The molecule has 1 aromatic rings. The maximum atomic E-state index is 12.7. The topological polar surface area (TPSA) is 62.8 Å². The molecule has 1 heterocycles. The lowest BCUT2D eigenvalue weighted by atomic mass is 9.94. The zero-order valence-corrected chi connectivity index (χ0v) is 15.0. The Kier molecular flexibility index (Phi) is 5.78. The van der Waals surface area contributed by atoms with Gasteiger partial charge in [0, 0.05) is 19.8 Å². The van der Waals surface area contributed by atoms with Gasteiger partial charge in [0.05, 0.1) is 18.7 Å². The maximum absolute atomic E-state index is 12.7. The van der Waals surface area contributed by atoms with Crippen LogP contribution in [0.2, 0.25) is 0 Å². The number of nitrogens with zero attached hydrogens (tertiary/aromatic N) is 1. The molecule has 1 amide bonds. The Morgan fingerprint density at radius 1 is 1.32 bits per heavy atom. The number of rotatable bonds is 5. The smallest absolute Gasteiger partial charge is 0.387 e. The predicted octanol–water partition coefficient (Wildman–Crippen LogP) is 2.18. The average molecular weight is 371 g/mol. The van der Waals surface area contributed by atoms with Crippen molar-refractivity contribution in [2.75, 3.05) is 21.2 Å². The molecule has 0 radical (unpaired) electrons. The van der Waals surface area contributed by atoms with E-state index in [1.54, 1.807) is 27.1 Å². The Labute approximate surface area is 149 Å². The molecule has 1 atom stereocenters. The van der Waals surface area contributed by atoms with Gasteiger partial charge >= 0.3 is 6.61 Å². The normalized spacial score (nSPS) is 17.1. The predicted molar refractivity (Wildman–Crippen MR) is 92.6 cm³/mol. The Bertz CT molecular complexity index is 723. The fourth-order valence-electron chi connectivity index (χ4n) is 2.53. The number of carbonyl (C=O) groups is 1. The molecule has 0 spiro atoms. The fourth-order valence-corrected chi connectivity index (χ4v) is 2.80. The summed E-state index contributed by atoms with van der Waals surface area (Å²) in [5.74, 6) is -0.172. The summed E-state index contributed by atoms with van der Waals surface area (Å²) in [5.41, 5.74) is 1.58. The van der Waals surface area contributed by atoms with E-state index in [9.17, 15) is 13.6 Å². The first-order chi connectivity index (χ1) is 11.7. The van der Waals surface area contributed by atoms with E-state index in [1.807, 2.05) is 0 Å². The van der Waals surface area contributed by atoms with Crippen LogP contribution in [0.15, 0.2) is 29.5 Å². The molecular weight excluding hydrogens is 352 g/mol. The highest BCUT2D eigenvalue weighted by Crippen LogP contribution is 2.35. The third-order valence-electron chi connectivity index (χ3n) is 3.64. The van der Waals surface area contributed by atoms with Gasteiger partial charge in [-0.05, 0) is 36.8 Å². The second-order valence-corrected chi connectivity index (χ2v) is 5.97. The molecule has 1 aliphatic heterocycles. The number of amides is 1. The highest BCUT2D eigenvalue weighted by Gasteiger charge is 2.31. The molecule has 136 valence electrons. The monoisotopic (exact) mass is 371 g/mol. The molecule has 0 saturated heterocycles. The van der Waals surface area contributed by atoms with E-state index in [4.69, 9.17) is 17.0 Å². The van der Waals surface area contributed by atoms with Crippen LogP contribution in [0, 0.1) is 0 Å². The first-order valence-electron chi connectivity index (χ1n) is 7.37. The maximum Gasteiger partial charge on any atom is 0.387 e. The van der Waals surface area contributed by atoms with Crippen molar-refractivity contribution in [3.63, 3.8) is 0 Å². The van der Waals surface area contributed by atoms with Gasteiger partial charge in [0.15, 0.2) is 16.6 Å². The van der Waals surface area contributed by atoms with Crippen LogP contribution in [-0.2, 0) is 4.79 Å². The molecule has 6 nitrogen and oxygen atoms in total. The van der Waals surface area contributed by atoms with E-state index < -0.39 is 12.7 Å². The molecule has 0 aliphatic carbocycles. The van der Waals surface area contributed by atoms with Crippen molar-refractivity contribution in [1.82, 2.24) is 15.5 Å². The first-order valence-corrected chi connectivity index (χ1v) is 7.78. The van der Waals surface area contributed by atoms with Crippen LogP contribution in [0.4, 0.5) is 8.78 Å². The van der Waals surface area contributed by atoms with Crippen LogP contribution in [0.3, 0.4) is 0 Å². The van der Waals surface area contributed by atoms with E-state index in [1.165, 1.54) is 24.1 Å². The van der Waals surface area contributed by atoms with Crippen molar-refractivity contribution < 1.29 is 23.0 Å². The number of carbonyl (C=O) groups excluding carboxylic acids is 1. The second kappa shape index (κ2) is 7.64. The van der Waals surface area contributed by atoms with Crippen LogP contribution in [0.25, 0.3) is 0 Å². The number of allylic oxidation sites excluding steroid dienone is 1. The molecule has 1 aromatic carbocycles. The summed E-state index contributed by atoms with van der Waals surface area (Å²) in [6, 6.07) is 3.98. The van der Waals surface area contributed by atoms with E-state index in [0.29, 0.717) is 21.9 Å². The molecule has 25 heavy (non-hydrogen) atoms. The highest BCUT2D eigenvalue weighted by molar-refractivity contribution is 7.80. The number of likely N-dealkylation sites (N-methyl/N-ethyl adjacent to an activating group) is 1. The lowest BCUT2D eigenvalue weighted by molar-refractivity contribution is -0.125. The van der Waals surface area contributed by atoms with Gasteiger partial charge in [0.2, 0.25) is 0 Å². The lowest BCUT2D eigenvalue weighted by Gasteiger charge is -2.31. The number of thiocarbonyl (C=S) groups is 1. The van der Waals surface area contributed by atoms with Gasteiger partial charge < -0.3 is 25.0 Å². The van der Waals surface area contributed by atoms with Crippen molar-refractivity contribution in [2.45, 2.75) is 19.6 Å². The fraction of sp³-hybridized carbons (Fsp3) is 0.375. The summed E-state index contributed by atoms with van der Waals surface area (Å²) in [6.07, 6.45) is 0. The standard InChI is InChI=1S/C16H19F2N3O3S/c1-8-12(14(22)21(2)3)13(20-16(25)19-8)9-5-6-10(23-4)11(7-9)24-15(17)18/h5-7,13,15H,1-4H3,(H2,19,20,25)/t13-/m0/s1. The largest absolute Gasteiger partial charge is 0.493 e.